The maximum absolute atomic E-state index is 12.7. The van der Waals surface area contributed by atoms with Crippen molar-refractivity contribution in [2.75, 3.05) is 31.1 Å². The third-order valence-corrected chi connectivity index (χ3v) is 6.03. The smallest absolute Gasteiger partial charge is 0.414 e. The van der Waals surface area contributed by atoms with Crippen LogP contribution in [0.25, 0.3) is 0 Å². The van der Waals surface area contributed by atoms with Gasteiger partial charge >= 0.3 is 18.0 Å². The predicted molar refractivity (Wildman–Crippen MR) is 133 cm³/mol. The number of hydrogen-bond acceptors (Lipinski definition) is 5. The summed E-state index contributed by atoms with van der Waals surface area (Å²) in [6, 6.07) is 12.2. The number of carboxylic acid groups (broad SMARTS) is 2. The Balaban J connectivity index is 0.000000371. The van der Waals surface area contributed by atoms with Crippen LogP contribution in [0.3, 0.4) is 0 Å². The summed E-state index contributed by atoms with van der Waals surface area (Å²) in [5, 5.41) is 19.8. The average Bonchev–Trinajstić information content (AvgIpc) is 3.07. The second-order valence-electron chi connectivity index (χ2n) is 8.26. The van der Waals surface area contributed by atoms with Gasteiger partial charge in [0.05, 0.1) is 12.3 Å². The third-order valence-electron chi connectivity index (χ3n) is 5.78. The molecule has 2 aliphatic heterocycles. The number of aliphatic carboxylic acids is 2. The molecule has 0 fully saturated rings. The molecule has 0 spiro atoms. The van der Waals surface area contributed by atoms with Gasteiger partial charge in [-0.2, -0.15) is 0 Å². The number of hydrogen-bond donors (Lipinski definition) is 3. The summed E-state index contributed by atoms with van der Waals surface area (Å²) in [5.74, 6) is -2.51. The number of nitrogens with one attached hydrogen (secondary N) is 1. The Morgan fingerprint density at radius 1 is 0.943 bits per heavy atom. The second kappa shape index (κ2) is 12.9. The summed E-state index contributed by atoms with van der Waals surface area (Å²) < 4.78 is 5.58. The van der Waals surface area contributed by atoms with Crippen molar-refractivity contribution in [3.63, 3.8) is 0 Å². The average molecular weight is 501 g/mol. The normalized spacial score (nSPS) is 14.7. The highest BCUT2D eigenvalue weighted by molar-refractivity contribution is 6.30. The maximum atomic E-state index is 12.7. The Morgan fingerprint density at radius 2 is 1.57 bits per heavy atom. The van der Waals surface area contributed by atoms with Crippen molar-refractivity contribution in [1.82, 2.24) is 5.32 Å². The largest absolute Gasteiger partial charge is 0.478 e. The minimum Gasteiger partial charge on any atom is -0.478 e. The van der Waals surface area contributed by atoms with E-state index in [1.807, 2.05) is 29.2 Å². The van der Waals surface area contributed by atoms with Crippen LogP contribution in [0.2, 0.25) is 5.02 Å². The van der Waals surface area contributed by atoms with Crippen molar-refractivity contribution in [1.29, 1.82) is 0 Å². The van der Waals surface area contributed by atoms with E-state index in [1.54, 1.807) is 0 Å². The van der Waals surface area contributed by atoms with Crippen molar-refractivity contribution >= 4 is 35.3 Å². The molecule has 8 nitrogen and oxygen atoms in total. The topological polar surface area (TPSA) is 116 Å². The van der Waals surface area contributed by atoms with Gasteiger partial charge in [0.2, 0.25) is 0 Å². The summed E-state index contributed by atoms with van der Waals surface area (Å²) in [6.45, 7) is 3.13. The van der Waals surface area contributed by atoms with Gasteiger partial charge in [-0.15, -0.1) is 0 Å². The van der Waals surface area contributed by atoms with Gasteiger partial charge in [-0.1, -0.05) is 29.8 Å². The van der Waals surface area contributed by atoms with Gasteiger partial charge in [-0.05, 0) is 79.2 Å². The van der Waals surface area contributed by atoms with Gasteiger partial charge in [0, 0.05) is 30.1 Å². The molecule has 2 aromatic carbocycles. The van der Waals surface area contributed by atoms with Gasteiger partial charge in [0.1, 0.15) is 0 Å². The number of carbonyl (C=O) groups is 3. The molecule has 2 heterocycles. The van der Waals surface area contributed by atoms with Crippen LogP contribution in [0, 0.1) is 0 Å². The lowest BCUT2D eigenvalue weighted by atomic mass is 9.93. The molecule has 9 heteroatoms. The molecular formula is C26H29ClN2O6. The molecule has 0 saturated heterocycles. The highest BCUT2D eigenvalue weighted by Gasteiger charge is 2.25. The number of aryl methyl sites for hydroxylation is 1. The van der Waals surface area contributed by atoms with E-state index in [-0.39, 0.29) is 6.09 Å². The van der Waals surface area contributed by atoms with Crippen molar-refractivity contribution in [2.24, 2.45) is 0 Å². The van der Waals surface area contributed by atoms with Crippen molar-refractivity contribution in [3.8, 4) is 0 Å². The molecular weight excluding hydrogens is 472 g/mol. The fourth-order valence-corrected chi connectivity index (χ4v) is 4.21. The summed E-state index contributed by atoms with van der Waals surface area (Å²) in [5.41, 5.74) is 6.22. The van der Waals surface area contributed by atoms with Crippen LogP contribution in [-0.2, 0) is 40.0 Å². The summed E-state index contributed by atoms with van der Waals surface area (Å²) in [4.78, 5) is 33.6. The van der Waals surface area contributed by atoms with E-state index in [0.717, 1.165) is 61.6 Å². The predicted octanol–water partition coefficient (Wildman–Crippen LogP) is 3.87. The SMILES string of the molecule is O=C(O)/C=C/C(=O)O.O=C(OCCc1ccc(Cl)cc1)N1CCCc2cc3c(cc21)CCNCC3. The lowest BCUT2D eigenvalue weighted by Gasteiger charge is -2.30. The van der Waals surface area contributed by atoms with Gasteiger partial charge in [-0.25, -0.2) is 14.4 Å². The first-order valence-corrected chi connectivity index (χ1v) is 11.9. The number of amides is 1. The summed E-state index contributed by atoms with van der Waals surface area (Å²) >= 11 is 5.91. The standard InChI is InChI=1S/C22H25ClN2O2.C4H4O4/c23-20-5-3-16(4-6-20)9-13-27-22(26)25-12-1-2-19-14-17-7-10-24-11-8-18(17)15-21(19)25;5-3(6)1-2-4(7)8/h3-6,14-15,24H,1-2,7-13H2;1-2H,(H,5,6)(H,7,8)/b;2-1+. The fraction of sp³-hybridized carbons (Fsp3) is 0.346. The van der Waals surface area contributed by atoms with Crippen LogP contribution < -0.4 is 10.2 Å². The Bertz CT molecular complexity index is 1070. The first-order chi connectivity index (χ1) is 16.8. The zero-order valence-corrected chi connectivity index (χ0v) is 20.1. The van der Waals surface area contributed by atoms with E-state index >= 15 is 0 Å². The highest BCUT2D eigenvalue weighted by Crippen LogP contribution is 2.32. The number of halogens is 1. The van der Waals surface area contributed by atoms with Crippen LogP contribution in [0.4, 0.5) is 10.5 Å². The number of carboxylic acids is 2. The molecule has 0 aliphatic carbocycles. The Hall–Kier alpha value is -3.36. The van der Waals surface area contributed by atoms with Crippen LogP contribution in [0.15, 0.2) is 48.6 Å². The van der Waals surface area contributed by atoms with Crippen molar-refractivity contribution in [3.05, 3.63) is 75.8 Å². The van der Waals surface area contributed by atoms with Crippen LogP contribution in [-0.4, -0.2) is 54.5 Å². The molecule has 3 N–H and O–H groups in total. The highest BCUT2D eigenvalue weighted by atomic mass is 35.5. The number of benzene rings is 2. The first-order valence-electron chi connectivity index (χ1n) is 11.5. The summed E-state index contributed by atoms with van der Waals surface area (Å²) in [6.07, 6.45) is 5.66. The molecule has 0 aromatic heterocycles. The molecule has 0 atom stereocenters. The Kier molecular flexibility index (Phi) is 9.69. The number of ether oxygens (including phenoxy) is 1. The molecule has 1 amide bonds. The van der Waals surface area contributed by atoms with Gasteiger partial charge in [0.15, 0.2) is 0 Å². The molecule has 186 valence electrons. The quantitative estimate of drug-likeness (QED) is 0.533. The van der Waals surface area contributed by atoms with E-state index in [0.29, 0.717) is 25.2 Å². The fourth-order valence-electron chi connectivity index (χ4n) is 4.08. The maximum Gasteiger partial charge on any atom is 0.414 e. The lowest BCUT2D eigenvalue weighted by Crippen LogP contribution is -2.36. The molecule has 0 unspecified atom stereocenters. The van der Waals surface area contributed by atoms with E-state index in [1.165, 1.54) is 16.7 Å². The van der Waals surface area contributed by atoms with Crippen LogP contribution in [0.1, 0.15) is 28.7 Å². The Morgan fingerprint density at radius 3 is 2.20 bits per heavy atom. The molecule has 0 radical (unpaired) electrons. The zero-order chi connectivity index (χ0) is 25.2. The summed E-state index contributed by atoms with van der Waals surface area (Å²) in [7, 11) is 0. The third kappa shape index (κ3) is 8.12. The number of carbonyl (C=O) groups excluding carboxylic acids is 1. The first kappa shape index (κ1) is 26.2. The van der Waals surface area contributed by atoms with Crippen molar-refractivity contribution < 1.29 is 29.3 Å². The minimum atomic E-state index is -1.26. The molecule has 35 heavy (non-hydrogen) atoms. The molecule has 0 bridgehead atoms. The van der Waals surface area contributed by atoms with E-state index in [9.17, 15) is 14.4 Å². The monoisotopic (exact) mass is 500 g/mol. The lowest BCUT2D eigenvalue weighted by molar-refractivity contribution is -0.134. The van der Waals surface area contributed by atoms with E-state index in [4.69, 9.17) is 26.6 Å². The van der Waals surface area contributed by atoms with E-state index < -0.39 is 11.9 Å². The van der Waals surface area contributed by atoms with Gasteiger partial charge in [0.25, 0.3) is 0 Å². The van der Waals surface area contributed by atoms with E-state index in [2.05, 4.69) is 17.4 Å². The number of anilines is 1. The Labute approximate surface area is 209 Å². The number of rotatable bonds is 5. The molecule has 4 rings (SSSR count). The number of nitrogens with zero attached hydrogens (tertiary/aromatic N) is 1. The van der Waals surface area contributed by atoms with Gasteiger partial charge < -0.3 is 20.3 Å². The molecule has 2 aromatic rings. The van der Waals surface area contributed by atoms with Crippen molar-refractivity contribution in [2.45, 2.75) is 32.1 Å². The molecule has 0 saturated carbocycles. The number of fused-ring (bicyclic) bond motifs is 2. The second-order valence-corrected chi connectivity index (χ2v) is 8.69. The molecule has 2 aliphatic rings. The zero-order valence-electron chi connectivity index (χ0n) is 19.3. The van der Waals surface area contributed by atoms with Gasteiger partial charge in [-0.3, -0.25) is 4.90 Å². The minimum absolute atomic E-state index is 0.239. The van der Waals surface area contributed by atoms with Crippen LogP contribution >= 0.6 is 11.6 Å². The van der Waals surface area contributed by atoms with Crippen LogP contribution in [0.5, 0.6) is 0 Å².